The molecule has 1 aromatic carbocycles. The summed E-state index contributed by atoms with van der Waals surface area (Å²) in [4.78, 5) is 31.3. The average Bonchev–Trinajstić information content (AvgIpc) is 3.34. The maximum atomic E-state index is 13.5. The van der Waals surface area contributed by atoms with Crippen LogP contribution in [0.25, 0.3) is 0 Å². The summed E-state index contributed by atoms with van der Waals surface area (Å²) in [6, 6.07) is 6.41. The van der Waals surface area contributed by atoms with E-state index in [0.717, 1.165) is 56.4 Å². The number of benzene rings is 1. The quantitative estimate of drug-likeness (QED) is 0.677. The van der Waals surface area contributed by atoms with E-state index in [0.29, 0.717) is 11.8 Å². The molecule has 2 bridgehead atoms. The van der Waals surface area contributed by atoms with Gasteiger partial charge in [-0.1, -0.05) is 12.1 Å². The second-order valence-electron chi connectivity index (χ2n) is 9.99. The lowest BCUT2D eigenvalue weighted by molar-refractivity contribution is -0.174. The molecule has 1 amide bonds. The summed E-state index contributed by atoms with van der Waals surface area (Å²) in [6.45, 7) is 2.08. The van der Waals surface area contributed by atoms with Crippen LogP contribution >= 0.6 is 0 Å². The van der Waals surface area contributed by atoms with Gasteiger partial charge in [-0.15, -0.1) is 0 Å². The summed E-state index contributed by atoms with van der Waals surface area (Å²) < 4.78 is 16.5. The number of hydrogen-bond acceptors (Lipinski definition) is 6. The maximum absolute atomic E-state index is 13.5. The molecular formula is C24H30N2O5. The van der Waals surface area contributed by atoms with Crippen molar-refractivity contribution < 1.29 is 23.8 Å². The van der Waals surface area contributed by atoms with E-state index < -0.39 is 11.6 Å². The first-order valence-corrected chi connectivity index (χ1v) is 11.4. The largest absolute Gasteiger partial charge is 0.495 e. The van der Waals surface area contributed by atoms with Crippen LogP contribution in [0.2, 0.25) is 0 Å². The first-order valence-electron chi connectivity index (χ1n) is 11.4. The second-order valence-corrected chi connectivity index (χ2v) is 9.99. The van der Waals surface area contributed by atoms with Gasteiger partial charge < -0.3 is 14.2 Å². The van der Waals surface area contributed by atoms with E-state index in [1.807, 2.05) is 17.0 Å². The number of para-hydroxylation sites is 1. The van der Waals surface area contributed by atoms with Gasteiger partial charge in [-0.2, -0.15) is 0 Å². The molecular weight excluding hydrogens is 396 g/mol. The van der Waals surface area contributed by atoms with Crippen molar-refractivity contribution in [3.05, 3.63) is 23.8 Å². The van der Waals surface area contributed by atoms with E-state index in [9.17, 15) is 9.59 Å². The highest BCUT2D eigenvalue weighted by Crippen LogP contribution is 2.76. The van der Waals surface area contributed by atoms with Crippen molar-refractivity contribution in [1.82, 2.24) is 4.90 Å². The van der Waals surface area contributed by atoms with Gasteiger partial charge in [0.1, 0.15) is 5.75 Å². The molecule has 3 spiro atoms. The summed E-state index contributed by atoms with van der Waals surface area (Å²) in [5.74, 6) is 0.0785. The highest BCUT2D eigenvalue weighted by atomic mass is 16.5. The molecule has 0 radical (unpaired) electrons. The van der Waals surface area contributed by atoms with Gasteiger partial charge in [-0.3, -0.25) is 14.6 Å². The van der Waals surface area contributed by atoms with Gasteiger partial charge >= 0.3 is 12.1 Å². The van der Waals surface area contributed by atoms with Crippen molar-refractivity contribution in [3.8, 4) is 5.75 Å². The van der Waals surface area contributed by atoms with E-state index in [2.05, 4.69) is 11.0 Å². The molecule has 3 heterocycles. The number of rotatable bonds is 2. The molecule has 0 aromatic heterocycles. The van der Waals surface area contributed by atoms with Crippen LogP contribution in [0, 0.1) is 11.3 Å². The number of carbonyl (C=O) groups is 2. The van der Waals surface area contributed by atoms with Crippen molar-refractivity contribution in [2.24, 2.45) is 11.3 Å². The van der Waals surface area contributed by atoms with Crippen molar-refractivity contribution in [1.29, 1.82) is 0 Å². The van der Waals surface area contributed by atoms with Crippen LogP contribution in [-0.2, 0) is 19.7 Å². The van der Waals surface area contributed by atoms with Crippen LogP contribution in [0.15, 0.2) is 18.2 Å². The predicted octanol–water partition coefficient (Wildman–Crippen LogP) is 3.10. The summed E-state index contributed by atoms with van der Waals surface area (Å²) in [7, 11) is 4.53. The number of methoxy groups -OCH3 is 3. The number of piperidine rings is 1. The van der Waals surface area contributed by atoms with E-state index in [4.69, 9.17) is 14.2 Å². The fourth-order valence-electron chi connectivity index (χ4n) is 8.80. The Bertz CT molecular complexity index is 981. The molecule has 7 heteroatoms. The summed E-state index contributed by atoms with van der Waals surface area (Å²) >= 11 is 0. The molecule has 2 saturated heterocycles. The Hall–Kier alpha value is -2.28. The normalized spacial score (nSPS) is 39.5. The van der Waals surface area contributed by atoms with Gasteiger partial charge in [0.25, 0.3) is 0 Å². The molecule has 3 saturated carbocycles. The fraction of sp³-hybridized carbons (Fsp3) is 0.667. The Morgan fingerprint density at radius 2 is 1.87 bits per heavy atom. The lowest BCUT2D eigenvalue weighted by Gasteiger charge is -2.69. The minimum Gasteiger partial charge on any atom is -0.495 e. The third kappa shape index (κ3) is 1.92. The van der Waals surface area contributed by atoms with Gasteiger partial charge in [-0.25, -0.2) is 4.79 Å². The van der Waals surface area contributed by atoms with Gasteiger partial charge in [0.05, 0.1) is 38.5 Å². The lowest BCUT2D eigenvalue weighted by Crippen LogP contribution is -2.79. The highest BCUT2D eigenvalue weighted by Gasteiger charge is 2.82. The maximum Gasteiger partial charge on any atom is 0.414 e. The Morgan fingerprint density at radius 1 is 1.03 bits per heavy atom. The Balaban J connectivity index is 1.71. The molecule has 0 N–H and O–H groups in total. The van der Waals surface area contributed by atoms with Crippen LogP contribution in [-0.4, -0.2) is 63.0 Å². The van der Waals surface area contributed by atoms with Crippen LogP contribution in [0.1, 0.15) is 44.1 Å². The number of fused-ring (bicyclic) bond motifs is 3. The van der Waals surface area contributed by atoms with Gasteiger partial charge in [-0.05, 0) is 68.7 Å². The monoisotopic (exact) mass is 426 g/mol. The minimum atomic E-state index is -0.692. The zero-order valence-electron chi connectivity index (χ0n) is 18.5. The molecule has 5 unspecified atom stereocenters. The lowest BCUT2D eigenvalue weighted by atomic mass is 9.38. The van der Waals surface area contributed by atoms with Crippen molar-refractivity contribution in [2.45, 2.75) is 55.5 Å². The predicted molar refractivity (Wildman–Crippen MR) is 113 cm³/mol. The number of amides is 1. The molecule has 7 nitrogen and oxygen atoms in total. The van der Waals surface area contributed by atoms with Crippen molar-refractivity contribution >= 4 is 17.7 Å². The third-order valence-electron chi connectivity index (χ3n) is 9.45. The number of ether oxygens (including phenoxy) is 3. The molecule has 3 aliphatic heterocycles. The van der Waals surface area contributed by atoms with Crippen LogP contribution < -0.4 is 9.64 Å². The number of hydrogen-bond donors (Lipinski definition) is 0. The first-order chi connectivity index (χ1) is 15.0. The Morgan fingerprint density at radius 3 is 2.61 bits per heavy atom. The Kier molecular flexibility index (Phi) is 3.85. The minimum absolute atomic E-state index is 0.0852. The molecule has 166 valence electrons. The van der Waals surface area contributed by atoms with Crippen molar-refractivity contribution in [3.63, 3.8) is 0 Å². The number of esters is 1. The SMILES string of the molecule is COC(=O)C1CC23CCCN4CCC5(c6cccc(OC)c6N(C(=O)OC)C15CC2)C43. The Labute approximate surface area is 182 Å². The van der Waals surface area contributed by atoms with Gasteiger partial charge in [0.2, 0.25) is 0 Å². The van der Waals surface area contributed by atoms with Gasteiger partial charge in [0.15, 0.2) is 0 Å². The number of carbonyl (C=O) groups excluding carboxylic acids is 2. The van der Waals surface area contributed by atoms with E-state index in [1.165, 1.54) is 20.6 Å². The molecule has 5 fully saturated rings. The first kappa shape index (κ1) is 19.4. The molecule has 7 rings (SSSR count). The molecule has 1 aromatic rings. The third-order valence-corrected chi connectivity index (χ3v) is 9.45. The summed E-state index contributed by atoms with van der Waals surface area (Å²) in [6.07, 6.45) is 5.39. The van der Waals surface area contributed by atoms with E-state index in [1.54, 1.807) is 7.11 Å². The van der Waals surface area contributed by atoms with E-state index in [-0.39, 0.29) is 22.7 Å². The van der Waals surface area contributed by atoms with Gasteiger partial charge in [0, 0.05) is 11.5 Å². The highest BCUT2D eigenvalue weighted by molar-refractivity contribution is 5.99. The standard InChI is InChI=1S/C24H30N2O5/c1-29-17-7-4-6-15-18(17)26(21(28)31-3)24-10-9-22(14-16(24)19(27)30-2)8-5-12-25-13-11-23(15,24)20(22)25/h4,6-7,16,20H,5,8-14H2,1-3H3. The summed E-state index contributed by atoms with van der Waals surface area (Å²) in [5, 5.41) is 0. The van der Waals surface area contributed by atoms with Crippen molar-refractivity contribution in [2.75, 3.05) is 39.3 Å². The van der Waals surface area contributed by atoms with E-state index >= 15 is 0 Å². The smallest absolute Gasteiger partial charge is 0.414 e. The van der Waals surface area contributed by atoms with Crippen LogP contribution in [0.3, 0.4) is 0 Å². The average molecular weight is 427 g/mol. The molecule has 6 aliphatic rings. The second kappa shape index (κ2) is 6.15. The van der Waals surface area contributed by atoms with Crippen LogP contribution in [0.5, 0.6) is 5.75 Å². The molecule has 31 heavy (non-hydrogen) atoms. The van der Waals surface area contributed by atoms with Crippen LogP contribution in [0.4, 0.5) is 10.5 Å². The molecule has 3 aliphatic carbocycles. The number of nitrogens with zero attached hydrogens (tertiary/aromatic N) is 2. The zero-order valence-corrected chi connectivity index (χ0v) is 18.5. The zero-order chi connectivity index (χ0) is 21.6. The topological polar surface area (TPSA) is 68.3 Å². The molecule has 5 atom stereocenters. The fourth-order valence-corrected chi connectivity index (χ4v) is 8.80. The summed E-state index contributed by atoms with van der Waals surface area (Å²) in [5.41, 5.74) is 1.01. The number of anilines is 1.